The predicted octanol–water partition coefficient (Wildman–Crippen LogP) is 1.79. The Morgan fingerprint density at radius 2 is 1.80 bits per heavy atom. The van der Waals surface area contributed by atoms with Crippen molar-refractivity contribution in [3.05, 3.63) is 40.3 Å². The highest BCUT2D eigenvalue weighted by atomic mass is 79.9. The Labute approximate surface area is 151 Å². The number of hydrogen-bond donors (Lipinski definition) is 0. The van der Waals surface area contributed by atoms with Crippen molar-refractivity contribution in [1.82, 2.24) is 9.97 Å². The number of aromatic nitrogens is 2. The second kappa shape index (κ2) is 7.16. The Balaban J connectivity index is 2.23. The quantitative estimate of drug-likeness (QED) is 0.711. The van der Waals surface area contributed by atoms with Gasteiger partial charge in [0.1, 0.15) is 23.5 Å². The molecule has 8 nitrogen and oxygen atoms in total. The van der Waals surface area contributed by atoms with Crippen LogP contribution in [-0.2, 0) is 23.8 Å². The van der Waals surface area contributed by atoms with E-state index in [1.54, 1.807) is 24.5 Å². The lowest BCUT2D eigenvalue weighted by Gasteiger charge is -2.31. The molecule has 2 aromatic rings. The number of carbonyl (C=O) groups excluding carboxylic acids is 2. The van der Waals surface area contributed by atoms with Crippen molar-refractivity contribution < 1.29 is 23.8 Å². The minimum atomic E-state index is -0.663. The standard InChI is InChI=1S/C16H14BrN3O5/c1-23-15(21)9-7-25-8-20(14(9)16(22)24-2)11-4-3-10(17)12-13(11)19-6-5-18-12/h3-6H,7-8H2,1-2H3. The SMILES string of the molecule is COC(=O)C1=C(C(=O)OC)N(c2ccc(Br)c3nccnc23)COC1. The molecule has 1 aromatic heterocycles. The van der Waals surface area contributed by atoms with Gasteiger partial charge in [-0.15, -0.1) is 0 Å². The van der Waals surface area contributed by atoms with Crippen LogP contribution < -0.4 is 4.90 Å². The second-order valence-electron chi connectivity index (χ2n) is 5.04. The van der Waals surface area contributed by atoms with Gasteiger partial charge < -0.3 is 19.1 Å². The van der Waals surface area contributed by atoms with E-state index in [0.717, 1.165) is 4.47 Å². The van der Waals surface area contributed by atoms with Crippen LogP contribution in [0.3, 0.4) is 0 Å². The molecule has 2 heterocycles. The van der Waals surface area contributed by atoms with E-state index in [2.05, 4.69) is 25.9 Å². The van der Waals surface area contributed by atoms with Gasteiger partial charge in [-0.3, -0.25) is 9.97 Å². The van der Waals surface area contributed by atoms with Gasteiger partial charge in [-0.05, 0) is 28.1 Å². The van der Waals surface area contributed by atoms with Crippen LogP contribution in [0.5, 0.6) is 0 Å². The zero-order chi connectivity index (χ0) is 18.0. The Morgan fingerprint density at radius 3 is 2.48 bits per heavy atom. The maximum Gasteiger partial charge on any atom is 0.355 e. The molecule has 0 N–H and O–H groups in total. The first-order chi connectivity index (χ1) is 12.1. The first kappa shape index (κ1) is 17.3. The maximum atomic E-state index is 12.4. The molecule has 25 heavy (non-hydrogen) atoms. The number of methoxy groups -OCH3 is 2. The Morgan fingerprint density at radius 1 is 1.12 bits per heavy atom. The highest BCUT2D eigenvalue weighted by molar-refractivity contribution is 9.10. The smallest absolute Gasteiger partial charge is 0.355 e. The molecule has 130 valence electrons. The van der Waals surface area contributed by atoms with E-state index in [4.69, 9.17) is 14.2 Å². The second-order valence-corrected chi connectivity index (χ2v) is 5.89. The number of halogens is 1. The third kappa shape index (κ3) is 3.08. The summed E-state index contributed by atoms with van der Waals surface area (Å²) in [5, 5.41) is 0. The minimum absolute atomic E-state index is 0.0479. The number of rotatable bonds is 3. The zero-order valence-electron chi connectivity index (χ0n) is 13.5. The van der Waals surface area contributed by atoms with Gasteiger partial charge in [-0.25, -0.2) is 9.59 Å². The average Bonchev–Trinajstić information content (AvgIpc) is 2.66. The molecule has 1 aromatic carbocycles. The normalized spacial score (nSPS) is 14.6. The van der Waals surface area contributed by atoms with Crippen molar-refractivity contribution in [2.24, 2.45) is 0 Å². The topological polar surface area (TPSA) is 90.9 Å². The van der Waals surface area contributed by atoms with E-state index in [1.807, 2.05) is 0 Å². The van der Waals surface area contributed by atoms with E-state index < -0.39 is 11.9 Å². The van der Waals surface area contributed by atoms with Gasteiger partial charge in [0, 0.05) is 16.9 Å². The molecule has 0 atom stereocenters. The van der Waals surface area contributed by atoms with E-state index in [0.29, 0.717) is 16.7 Å². The largest absolute Gasteiger partial charge is 0.466 e. The molecule has 0 aliphatic carbocycles. The summed E-state index contributed by atoms with van der Waals surface area (Å²) in [6.07, 6.45) is 3.12. The number of fused-ring (bicyclic) bond motifs is 1. The Hall–Kier alpha value is -2.52. The number of carbonyl (C=O) groups is 2. The van der Waals surface area contributed by atoms with Gasteiger partial charge in [-0.1, -0.05) is 0 Å². The molecule has 0 bridgehead atoms. The van der Waals surface area contributed by atoms with Crippen molar-refractivity contribution >= 4 is 44.6 Å². The number of esters is 2. The van der Waals surface area contributed by atoms with Crippen LogP contribution in [0, 0.1) is 0 Å². The lowest BCUT2D eigenvalue weighted by molar-refractivity contribution is -0.140. The van der Waals surface area contributed by atoms with Crippen LogP contribution in [0.1, 0.15) is 0 Å². The van der Waals surface area contributed by atoms with Crippen molar-refractivity contribution in [3.8, 4) is 0 Å². The first-order valence-corrected chi connectivity index (χ1v) is 8.02. The lowest BCUT2D eigenvalue weighted by atomic mass is 10.1. The third-order valence-corrected chi connectivity index (χ3v) is 4.32. The van der Waals surface area contributed by atoms with Gasteiger partial charge in [0.2, 0.25) is 0 Å². The summed E-state index contributed by atoms with van der Waals surface area (Å²) >= 11 is 3.43. The number of nitrogens with zero attached hydrogens (tertiary/aromatic N) is 3. The number of ether oxygens (including phenoxy) is 3. The summed E-state index contributed by atoms with van der Waals surface area (Å²) < 4.78 is 15.8. The van der Waals surface area contributed by atoms with Crippen LogP contribution >= 0.6 is 15.9 Å². The third-order valence-electron chi connectivity index (χ3n) is 3.68. The Kier molecular flexibility index (Phi) is 4.95. The minimum Gasteiger partial charge on any atom is -0.466 e. The summed E-state index contributed by atoms with van der Waals surface area (Å²) in [6, 6.07) is 3.54. The van der Waals surface area contributed by atoms with Crippen LogP contribution in [0.2, 0.25) is 0 Å². The van der Waals surface area contributed by atoms with E-state index >= 15 is 0 Å². The van der Waals surface area contributed by atoms with E-state index in [1.165, 1.54) is 19.1 Å². The summed E-state index contributed by atoms with van der Waals surface area (Å²) in [5.74, 6) is -1.32. The van der Waals surface area contributed by atoms with Gasteiger partial charge in [0.05, 0.1) is 32.1 Å². The molecular weight excluding hydrogens is 394 g/mol. The molecular formula is C16H14BrN3O5. The molecule has 0 amide bonds. The van der Waals surface area contributed by atoms with E-state index in [9.17, 15) is 9.59 Å². The molecule has 0 saturated carbocycles. The monoisotopic (exact) mass is 407 g/mol. The van der Waals surface area contributed by atoms with Crippen LogP contribution in [0.4, 0.5) is 5.69 Å². The van der Waals surface area contributed by atoms with Gasteiger partial charge in [0.15, 0.2) is 0 Å². The molecule has 0 saturated heterocycles. The highest BCUT2D eigenvalue weighted by Crippen LogP contribution is 2.33. The van der Waals surface area contributed by atoms with Gasteiger partial charge in [-0.2, -0.15) is 0 Å². The Bertz CT molecular complexity index is 883. The average molecular weight is 408 g/mol. The van der Waals surface area contributed by atoms with Crippen LogP contribution in [0.25, 0.3) is 11.0 Å². The molecule has 1 aliphatic heterocycles. The molecule has 0 unspecified atom stereocenters. The van der Waals surface area contributed by atoms with Gasteiger partial charge in [0.25, 0.3) is 0 Å². The fraction of sp³-hybridized carbons (Fsp3) is 0.250. The van der Waals surface area contributed by atoms with Crippen molar-refractivity contribution in [1.29, 1.82) is 0 Å². The number of benzene rings is 1. The van der Waals surface area contributed by atoms with Crippen LogP contribution in [0.15, 0.2) is 40.3 Å². The predicted molar refractivity (Wildman–Crippen MR) is 91.6 cm³/mol. The van der Waals surface area contributed by atoms with Crippen molar-refractivity contribution in [2.45, 2.75) is 0 Å². The summed E-state index contributed by atoms with van der Waals surface area (Å²) in [4.78, 5) is 34.6. The maximum absolute atomic E-state index is 12.4. The summed E-state index contributed by atoms with van der Waals surface area (Å²) in [6.45, 7) is 0.00593. The lowest BCUT2D eigenvalue weighted by Crippen LogP contribution is -2.39. The fourth-order valence-electron chi connectivity index (χ4n) is 2.56. The molecule has 3 rings (SSSR count). The van der Waals surface area contributed by atoms with Crippen molar-refractivity contribution in [3.63, 3.8) is 0 Å². The number of anilines is 1. The highest BCUT2D eigenvalue weighted by Gasteiger charge is 2.33. The number of hydrogen-bond acceptors (Lipinski definition) is 8. The molecule has 0 fully saturated rings. The zero-order valence-corrected chi connectivity index (χ0v) is 15.1. The summed E-state index contributed by atoms with van der Waals surface area (Å²) in [7, 11) is 2.49. The fourth-order valence-corrected chi connectivity index (χ4v) is 2.98. The summed E-state index contributed by atoms with van der Waals surface area (Å²) in [5.41, 5.74) is 1.88. The molecule has 9 heteroatoms. The van der Waals surface area contributed by atoms with Gasteiger partial charge >= 0.3 is 11.9 Å². The van der Waals surface area contributed by atoms with Crippen molar-refractivity contribution in [2.75, 3.05) is 32.5 Å². The molecule has 1 aliphatic rings. The van der Waals surface area contributed by atoms with Crippen LogP contribution in [-0.4, -0.2) is 49.5 Å². The first-order valence-electron chi connectivity index (χ1n) is 7.22. The van der Waals surface area contributed by atoms with E-state index in [-0.39, 0.29) is 24.6 Å². The molecule has 0 spiro atoms. The molecule has 0 radical (unpaired) electrons.